The molecule has 0 bridgehead atoms. The topological polar surface area (TPSA) is 75.4 Å². The van der Waals surface area contributed by atoms with Gasteiger partial charge in [0.25, 0.3) is 0 Å². The Labute approximate surface area is 121 Å². The molecule has 2 amide bonds. The van der Waals surface area contributed by atoms with Gasteiger partial charge in [-0.2, -0.15) is 0 Å². The van der Waals surface area contributed by atoms with Crippen LogP contribution in [0.15, 0.2) is 0 Å². The quantitative estimate of drug-likeness (QED) is 0.808. The van der Waals surface area contributed by atoms with Crippen molar-refractivity contribution in [2.24, 2.45) is 11.7 Å². The smallest absolute Gasteiger partial charge is 0.239 e. The van der Waals surface area contributed by atoms with E-state index in [0.29, 0.717) is 18.9 Å². The highest BCUT2D eigenvalue weighted by molar-refractivity contribution is 5.85. The number of rotatable bonds is 4. The molecule has 2 rings (SSSR count). The number of likely N-dealkylation sites (tertiary alicyclic amines) is 1. The Balaban J connectivity index is 1.81. The minimum Gasteiger partial charge on any atom is -0.352 e. The van der Waals surface area contributed by atoms with E-state index in [9.17, 15) is 9.59 Å². The van der Waals surface area contributed by atoms with Crippen molar-refractivity contribution in [1.82, 2.24) is 10.2 Å². The average Bonchev–Trinajstić information content (AvgIpc) is 2.85. The van der Waals surface area contributed by atoms with Crippen LogP contribution in [0, 0.1) is 5.92 Å². The third-order valence-corrected chi connectivity index (χ3v) is 4.56. The highest BCUT2D eigenvalue weighted by Crippen LogP contribution is 2.24. The summed E-state index contributed by atoms with van der Waals surface area (Å²) in [4.78, 5) is 25.8. The molecule has 0 spiro atoms. The van der Waals surface area contributed by atoms with Crippen LogP contribution in [0.3, 0.4) is 0 Å². The van der Waals surface area contributed by atoms with Crippen LogP contribution < -0.4 is 11.1 Å². The standard InChI is InChI=1S/C15H27N3O2/c16-10-12-6-5-7-13(12)17-14(19)11-18-9-4-2-1-3-8-15(18)20/h12-13H,1-11,16H2,(H,17,19). The summed E-state index contributed by atoms with van der Waals surface area (Å²) >= 11 is 0. The minimum atomic E-state index is -0.0238. The third-order valence-electron chi connectivity index (χ3n) is 4.56. The maximum atomic E-state index is 12.1. The van der Waals surface area contributed by atoms with Crippen molar-refractivity contribution in [1.29, 1.82) is 0 Å². The van der Waals surface area contributed by atoms with Crippen LogP contribution in [-0.4, -0.2) is 42.4 Å². The molecule has 114 valence electrons. The van der Waals surface area contributed by atoms with E-state index in [1.54, 1.807) is 4.90 Å². The summed E-state index contributed by atoms with van der Waals surface area (Å²) in [6, 6.07) is 0.206. The lowest BCUT2D eigenvalue weighted by Crippen LogP contribution is -2.46. The summed E-state index contributed by atoms with van der Waals surface area (Å²) in [5.41, 5.74) is 5.73. The van der Waals surface area contributed by atoms with Gasteiger partial charge in [0.1, 0.15) is 0 Å². The van der Waals surface area contributed by atoms with Gasteiger partial charge in [-0.25, -0.2) is 0 Å². The number of nitrogens with zero attached hydrogens (tertiary/aromatic N) is 1. The lowest BCUT2D eigenvalue weighted by Gasteiger charge is -2.26. The molecule has 0 aromatic rings. The number of hydrogen-bond donors (Lipinski definition) is 2. The number of amides is 2. The Kier molecular flexibility index (Phi) is 5.83. The zero-order valence-corrected chi connectivity index (χ0v) is 12.3. The number of carbonyl (C=O) groups is 2. The van der Waals surface area contributed by atoms with Crippen molar-refractivity contribution in [3.8, 4) is 0 Å². The molecule has 0 aromatic heterocycles. The fraction of sp³-hybridized carbons (Fsp3) is 0.867. The van der Waals surface area contributed by atoms with Crippen molar-refractivity contribution < 1.29 is 9.59 Å². The van der Waals surface area contributed by atoms with E-state index >= 15 is 0 Å². The largest absolute Gasteiger partial charge is 0.352 e. The molecule has 2 unspecified atom stereocenters. The summed E-state index contributed by atoms with van der Waals surface area (Å²) in [5.74, 6) is 0.507. The molecule has 5 nitrogen and oxygen atoms in total. The fourth-order valence-corrected chi connectivity index (χ4v) is 3.32. The number of hydrogen-bond acceptors (Lipinski definition) is 3. The van der Waals surface area contributed by atoms with Gasteiger partial charge in [-0.05, 0) is 38.1 Å². The molecule has 2 atom stereocenters. The first kappa shape index (κ1) is 15.3. The second-order valence-electron chi connectivity index (χ2n) is 6.08. The summed E-state index contributed by atoms with van der Waals surface area (Å²) in [7, 11) is 0. The molecule has 5 heteroatoms. The monoisotopic (exact) mass is 281 g/mol. The Morgan fingerprint density at radius 3 is 2.80 bits per heavy atom. The summed E-state index contributed by atoms with van der Waals surface area (Å²) in [5, 5.41) is 3.07. The molecule has 1 aliphatic carbocycles. The van der Waals surface area contributed by atoms with Crippen LogP contribution in [0.5, 0.6) is 0 Å². The maximum Gasteiger partial charge on any atom is 0.239 e. The summed E-state index contributed by atoms with van der Waals surface area (Å²) < 4.78 is 0. The molecule has 0 aromatic carbocycles. The molecule has 3 N–H and O–H groups in total. The van der Waals surface area contributed by atoms with Crippen LogP contribution in [0.2, 0.25) is 0 Å². The normalized spacial score (nSPS) is 28.1. The lowest BCUT2D eigenvalue weighted by molar-refractivity contribution is -0.136. The predicted octanol–water partition coefficient (Wildman–Crippen LogP) is 1.02. The van der Waals surface area contributed by atoms with Gasteiger partial charge in [0, 0.05) is 19.0 Å². The first-order valence-corrected chi connectivity index (χ1v) is 7.98. The zero-order valence-electron chi connectivity index (χ0n) is 12.3. The molecule has 2 fully saturated rings. The van der Waals surface area contributed by atoms with Gasteiger partial charge in [-0.15, -0.1) is 0 Å². The molecule has 1 saturated heterocycles. The molecule has 2 aliphatic rings. The van der Waals surface area contributed by atoms with E-state index < -0.39 is 0 Å². The predicted molar refractivity (Wildman–Crippen MR) is 78.0 cm³/mol. The molecule has 1 saturated carbocycles. The van der Waals surface area contributed by atoms with Crippen LogP contribution in [0.25, 0.3) is 0 Å². The van der Waals surface area contributed by atoms with Crippen molar-refractivity contribution >= 4 is 11.8 Å². The van der Waals surface area contributed by atoms with Gasteiger partial charge in [0.05, 0.1) is 6.54 Å². The zero-order chi connectivity index (χ0) is 14.4. The molecule has 20 heavy (non-hydrogen) atoms. The van der Waals surface area contributed by atoms with Crippen LogP contribution in [0.1, 0.15) is 51.4 Å². The van der Waals surface area contributed by atoms with E-state index in [4.69, 9.17) is 5.73 Å². The van der Waals surface area contributed by atoms with Crippen molar-refractivity contribution in [2.75, 3.05) is 19.6 Å². The highest BCUT2D eigenvalue weighted by atomic mass is 16.2. The molecule has 1 heterocycles. The van der Waals surface area contributed by atoms with Crippen molar-refractivity contribution in [3.05, 3.63) is 0 Å². The lowest BCUT2D eigenvalue weighted by atomic mass is 10.0. The number of nitrogens with one attached hydrogen (secondary N) is 1. The third kappa shape index (κ3) is 4.20. The fourth-order valence-electron chi connectivity index (χ4n) is 3.32. The minimum absolute atomic E-state index is 0.0238. The van der Waals surface area contributed by atoms with E-state index in [-0.39, 0.29) is 24.4 Å². The molecule has 1 aliphatic heterocycles. The van der Waals surface area contributed by atoms with Crippen molar-refractivity contribution in [2.45, 2.75) is 57.4 Å². The number of nitrogens with two attached hydrogens (primary N) is 1. The van der Waals surface area contributed by atoms with E-state index in [1.807, 2.05) is 0 Å². The molecular weight excluding hydrogens is 254 g/mol. The van der Waals surface area contributed by atoms with E-state index in [0.717, 1.165) is 51.5 Å². The van der Waals surface area contributed by atoms with Crippen LogP contribution in [0.4, 0.5) is 0 Å². The first-order chi connectivity index (χ1) is 9.70. The van der Waals surface area contributed by atoms with Gasteiger partial charge in [-0.1, -0.05) is 19.3 Å². The van der Waals surface area contributed by atoms with Gasteiger partial charge in [0.15, 0.2) is 0 Å². The second kappa shape index (κ2) is 7.62. The Hall–Kier alpha value is -1.10. The van der Waals surface area contributed by atoms with Crippen LogP contribution >= 0.6 is 0 Å². The van der Waals surface area contributed by atoms with Gasteiger partial charge < -0.3 is 16.0 Å². The van der Waals surface area contributed by atoms with Gasteiger partial charge in [0.2, 0.25) is 11.8 Å². The van der Waals surface area contributed by atoms with Gasteiger partial charge >= 0.3 is 0 Å². The van der Waals surface area contributed by atoms with Crippen LogP contribution in [-0.2, 0) is 9.59 Å². The summed E-state index contributed by atoms with van der Waals surface area (Å²) in [6.45, 7) is 1.57. The Bertz CT molecular complexity index is 346. The van der Waals surface area contributed by atoms with Gasteiger partial charge in [-0.3, -0.25) is 9.59 Å². The van der Waals surface area contributed by atoms with Crippen molar-refractivity contribution in [3.63, 3.8) is 0 Å². The number of carbonyl (C=O) groups excluding carboxylic acids is 2. The highest BCUT2D eigenvalue weighted by Gasteiger charge is 2.28. The average molecular weight is 281 g/mol. The summed E-state index contributed by atoms with van der Waals surface area (Å²) in [6.07, 6.45) is 8.08. The Morgan fingerprint density at radius 1 is 1.20 bits per heavy atom. The Morgan fingerprint density at radius 2 is 2.00 bits per heavy atom. The van der Waals surface area contributed by atoms with E-state index in [1.165, 1.54) is 0 Å². The van der Waals surface area contributed by atoms with E-state index in [2.05, 4.69) is 5.32 Å². The molecular formula is C15H27N3O2. The SMILES string of the molecule is NCC1CCCC1NC(=O)CN1CCCCCCC1=O. The first-order valence-electron chi connectivity index (χ1n) is 7.98. The molecule has 0 radical (unpaired) electrons. The second-order valence-corrected chi connectivity index (χ2v) is 6.08. The maximum absolute atomic E-state index is 12.1.